The number of hydrogen-bond donors (Lipinski definition) is 1. The highest BCUT2D eigenvalue weighted by molar-refractivity contribution is 6.30. The van der Waals surface area contributed by atoms with Crippen LogP contribution in [0.4, 0.5) is 0 Å². The normalized spacial score (nSPS) is 19.7. The van der Waals surface area contributed by atoms with Crippen molar-refractivity contribution in [1.82, 2.24) is 4.90 Å². The molecule has 2 aromatic rings. The highest BCUT2D eigenvalue weighted by atomic mass is 35.5. The van der Waals surface area contributed by atoms with Crippen molar-refractivity contribution in [3.8, 4) is 17.2 Å². The largest absolute Gasteiger partial charge is 0.494 e. The van der Waals surface area contributed by atoms with Crippen molar-refractivity contribution >= 4 is 17.6 Å². The Bertz CT molecular complexity index is 903. The number of carboxylic acids is 1. The predicted octanol–water partition coefficient (Wildman–Crippen LogP) is 4.50. The Balaban J connectivity index is 1.86. The van der Waals surface area contributed by atoms with E-state index in [0.717, 1.165) is 24.0 Å². The molecule has 2 unspecified atom stereocenters. The van der Waals surface area contributed by atoms with Gasteiger partial charge in [-0.2, -0.15) is 0 Å². The molecule has 6 nitrogen and oxygen atoms in total. The van der Waals surface area contributed by atoms with Gasteiger partial charge >= 0.3 is 5.97 Å². The Labute approximate surface area is 174 Å². The van der Waals surface area contributed by atoms with Crippen LogP contribution in [0.5, 0.6) is 17.2 Å². The molecule has 7 heteroatoms. The van der Waals surface area contributed by atoms with Gasteiger partial charge in [0.2, 0.25) is 6.79 Å². The standard InChI is InChI=1S/C22H24ClNO5/c1-2-27-18-9-7-15(23)12-16(18)21(24-10-4-3-5-17(24)22(25)26)14-6-8-19-20(11-14)29-13-28-19/h6-9,11-12,17,21H,2-5,10,13H2,1H3,(H,25,26). The molecule has 2 heterocycles. The molecule has 0 amide bonds. The van der Waals surface area contributed by atoms with Crippen LogP contribution in [0.3, 0.4) is 0 Å². The van der Waals surface area contributed by atoms with Gasteiger partial charge in [-0.05, 0) is 62.2 Å². The Morgan fingerprint density at radius 3 is 2.86 bits per heavy atom. The number of carbonyl (C=O) groups is 1. The zero-order valence-electron chi connectivity index (χ0n) is 16.3. The van der Waals surface area contributed by atoms with E-state index in [2.05, 4.69) is 0 Å². The number of fused-ring (bicyclic) bond motifs is 1. The number of halogens is 1. The van der Waals surface area contributed by atoms with Gasteiger partial charge in [-0.25, -0.2) is 0 Å². The molecule has 0 aliphatic carbocycles. The Morgan fingerprint density at radius 1 is 1.24 bits per heavy atom. The number of aliphatic carboxylic acids is 1. The molecule has 1 N–H and O–H groups in total. The van der Waals surface area contributed by atoms with Crippen molar-refractivity contribution in [2.45, 2.75) is 38.3 Å². The molecule has 2 aliphatic rings. The first-order chi connectivity index (χ1) is 14.1. The van der Waals surface area contributed by atoms with E-state index in [1.165, 1.54) is 0 Å². The first-order valence-corrected chi connectivity index (χ1v) is 10.3. The Hall–Kier alpha value is -2.44. The van der Waals surface area contributed by atoms with Crippen molar-refractivity contribution in [2.75, 3.05) is 19.9 Å². The van der Waals surface area contributed by atoms with Crippen LogP contribution >= 0.6 is 11.6 Å². The molecule has 0 saturated carbocycles. The van der Waals surface area contributed by atoms with Gasteiger partial charge < -0.3 is 19.3 Å². The third kappa shape index (κ3) is 4.00. The number of hydrogen-bond acceptors (Lipinski definition) is 5. The van der Waals surface area contributed by atoms with Crippen LogP contribution in [0, 0.1) is 0 Å². The second-order valence-corrected chi connectivity index (χ2v) is 7.65. The summed E-state index contributed by atoms with van der Waals surface area (Å²) in [5, 5.41) is 10.5. The monoisotopic (exact) mass is 417 g/mol. The predicted molar refractivity (Wildman–Crippen MR) is 109 cm³/mol. The zero-order valence-corrected chi connectivity index (χ0v) is 17.0. The van der Waals surface area contributed by atoms with Crippen molar-refractivity contribution < 1.29 is 24.1 Å². The fourth-order valence-corrected chi connectivity index (χ4v) is 4.36. The van der Waals surface area contributed by atoms with E-state index in [1.807, 2.05) is 42.2 Å². The maximum absolute atomic E-state index is 12.1. The smallest absolute Gasteiger partial charge is 0.320 e. The SMILES string of the molecule is CCOc1ccc(Cl)cc1C(c1ccc2c(c1)OCO2)N1CCCCC1C(=O)O. The van der Waals surface area contributed by atoms with E-state index in [4.69, 9.17) is 25.8 Å². The van der Waals surface area contributed by atoms with Gasteiger partial charge in [0, 0.05) is 10.6 Å². The van der Waals surface area contributed by atoms with Crippen molar-refractivity contribution in [3.63, 3.8) is 0 Å². The van der Waals surface area contributed by atoms with Gasteiger partial charge in [0.25, 0.3) is 0 Å². The van der Waals surface area contributed by atoms with Crippen LogP contribution < -0.4 is 14.2 Å². The quantitative estimate of drug-likeness (QED) is 0.746. The number of carboxylic acid groups (broad SMARTS) is 1. The van der Waals surface area contributed by atoms with E-state index >= 15 is 0 Å². The molecule has 0 bridgehead atoms. The molecule has 1 saturated heterocycles. The zero-order chi connectivity index (χ0) is 20.4. The molecular weight excluding hydrogens is 394 g/mol. The highest BCUT2D eigenvalue weighted by Crippen LogP contribution is 2.43. The van der Waals surface area contributed by atoms with Gasteiger partial charge in [0.05, 0.1) is 12.6 Å². The molecule has 29 heavy (non-hydrogen) atoms. The lowest BCUT2D eigenvalue weighted by molar-refractivity contribution is -0.145. The summed E-state index contributed by atoms with van der Waals surface area (Å²) in [5.41, 5.74) is 1.77. The Morgan fingerprint density at radius 2 is 2.07 bits per heavy atom. The summed E-state index contributed by atoms with van der Waals surface area (Å²) in [7, 11) is 0. The second-order valence-electron chi connectivity index (χ2n) is 7.22. The summed E-state index contributed by atoms with van der Waals surface area (Å²) in [5.74, 6) is 1.25. The topological polar surface area (TPSA) is 68.2 Å². The number of likely N-dealkylation sites (tertiary alicyclic amines) is 1. The fraction of sp³-hybridized carbons (Fsp3) is 0.409. The van der Waals surface area contributed by atoms with Gasteiger partial charge in [-0.3, -0.25) is 9.69 Å². The summed E-state index contributed by atoms with van der Waals surface area (Å²) in [6.07, 6.45) is 2.45. The highest BCUT2D eigenvalue weighted by Gasteiger charge is 2.37. The first kappa shape index (κ1) is 19.9. The minimum atomic E-state index is -0.810. The first-order valence-electron chi connectivity index (χ1n) is 9.89. The molecule has 4 rings (SSSR count). The van der Waals surface area contributed by atoms with E-state index in [0.29, 0.717) is 41.8 Å². The van der Waals surface area contributed by atoms with Gasteiger partial charge in [0.15, 0.2) is 11.5 Å². The minimum absolute atomic E-state index is 0.187. The van der Waals surface area contributed by atoms with Crippen molar-refractivity contribution in [2.24, 2.45) is 0 Å². The number of rotatable bonds is 6. The molecule has 1 fully saturated rings. The van der Waals surface area contributed by atoms with Gasteiger partial charge in [-0.15, -0.1) is 0 Å². The summed E-state index contributed by atoms with van der Waals surface area (Å²) >= 11 is 6.35. The van der Waals surface area contributed by atoms with Crippen molar-refractivity contribution in [3.05, 3.63) is 52.5 Å². The van der Waals surface area contributed by atoms with Gasteiger partial charge in [-0.1, -0.05) is 24.1 Å². The number of piperidine rings is 1. The van der Waals surface area contributed by atoms with Crippen LogP contribution in [0.1, 0.15) is 43.4 Å². The third-order valence-corrected chi connectivity index (χ3v) is 5.67. The summed E-state index contributed by atoms with van der Waals surface area (Å²) in [6.45, 7) is 3.29. The third-order valence-electron chi connectivity index (χ3n) is 5.44. The maximum atomic E-state index is 12.1. The molecule has 2 aliphatic heterocycles. The minimum Gasteiger partial charge on any atom is -0.494 e. The molecule has 0 aromatic heterocycles. The molecule has 2 atom stereocenters. The lowest BCUT2D eigenvalue weighted by Crippen LogP contribution is -2.46. The number of ether oxygens (including phenoxy) is 3. The van der Waals surface area contributed by atoms with E-state index in [-0.39, 0.29) is 12.8 Å². The fourth-order valence-electron chi connectivity index (χ4n) is 4.18. The van der Waals surface area contributed by atoms with E-state index in [9.17, 15) is 9.90 Å². The maximum Gasteiger partial charge on any atom is 0.320 e. The summed E-state index contributed by atoms with van der Waals surface area (Å²) < 4.78 is 16.9. The average molecular weight is 418 g/mol. The molecule has 2 aromatic carbocycles. The van der Waals surface area contributed by atoms with E-state index in [1.54, 1.807) is 6.07 Å². The van der Waals surface area contributed by atoms with Crippen molar-refractivity contribution in [1.29, 1.82) is 0 Å². The number of nitrogens with zero attached hydrogens (tertiary/aromatic N) is 1. The number of benzene rings is 2. The Kier molecular flexibility index (Phi) is 5.83. The molecule has 0 radical (unpaired) electrons. The van der Waals surface area contributed by atoms with Crippen LogP contribution in [0.2, 0.25) is 5.02 Å². The molecular formula is C22H24ClNO5. The average Bonchev–Trinajstić information content (AvgIpc) is 3.18. The van der Waals surface area contributed by atoms with Crippen LogP contribution in [0.15, 0.2) is 36.4 Å². The molecule has 0 spiro atoms. The summed E-state index contributed by atoms with van der Waals surface area (Å²) in [4.78, 5) is 14.1. The van der Waals surface area contributed by atoms with Crippen LogP contribution in [-0.4, -0.2) is 42.0 Å². The lowest BCUT2D eigenvalue weighted by Gasteiger charge is -2.40. The molecule has 154 valence electrons. The van der Waals surface area contributed by atoms with Crippen LogP contribution in [0.25, 0.3) is 0 Å². The van der Waals surface area contributed by atoms with Crippen LogP contribution in [-0.2, 0) is 4.79 Å². The van der Waals surface area contributed by atoms with E-state index < -0.39 is 12.0 Å². The van der Waals surface area contributed by atoms with Gasteiger partial charge in [0.1, 0.15) is 11.8 Å². The second kappa shape index (κ2) is 8.51. The summed E-state index contributed by atoms with van der Waals surface area (Å²) in [6, 6.07) is 10.4. The lowest BCUT2D eigenvalue weighted by atomic mass is 9.91.